The Kier molecular flexibility index (Phi) is 5.75. The zero-order valence-corrected chi connectivity index (χ0v) is 14.5. The molecule has 1 heterocycles. The van der Waals surface area contributed by atoms with Gasteiger partial charge in [-0.25, -0.2) is 4.79 Å². The van der Waals surface area contributed by atoms with Gasteiger partial charge in [-0.15, -0.1) is 0 Å². The lowest BCUT2D eigenvalue weighted by atomic mass is 10.0. The lowest BCUT2D eigenvalue weighted by Crippen LogP contribution is -2.26. The van der Waals surface area contributed by atoms with E-state index in [1.54, 1.807) is 30.0 Å². The Hall–Kier alpha value is -2.89. The minimum absolute atomic E-state index is 0.0457. The second-order valence-corrected chi connectivity index (χ2v) is 5.73. The number of ether oxygens (including phenoxy) is 1. The van der Waals surface area contributed by atoms with Crippen LogP contribution in [0.15, 0.2) is 41.1 Å². The predicted octanol–water partition coefficient (Wildman–Crippen LogP) is 1.52. The van der Waals surface area contributed by atoms with Crippen LogP contribution in [0.4, 0.5) is 0 Å². The molecule has 0 spiro atoms. The summed E-state index contributed by atoms with van der Waals surface area (Å²) >= 11 is 0. The Morgan fingerprint density at radius 2 is 1.88 bits per heavy atom. The van der Waals surface area contributed by atoms with E-state index in [1.165, 1.54) is 19.2 Å². The van der Waals surface area contributed by atoms with E-state index in [1.807, 2.05) is 6.92 Å². The van der Waals surface area contributed by atoms with E-state index in [2.05, 4.69) is 0 Å². The van der Waals surface area contributed by atoms with Gasteiger partial charge in [-0.2, -0.15) is 0 Å². The van der Waals surface area contributed by atoms with Crippen molar-refractivity contribution in [1.82, 2.24) is 4.90 Å². The van der Waals surface area contributed by atoms with E-state index < -0.39 is 11.9 Å². The second-order valence-electron chi connectivity index (χ2n) is 5.73. The molecule has 0 saturated heterocycles. The number of methoxy groups -OCH3 is 1. The van der Waals surface area contributed by atoms with Crippen molar-refractivity contribution in [2.45, 2.75) is 26.7 Å². The fourth-order valence-corrected chi connectivity index (χ4v) is 2.70. The number of unbranched alkanes of at least 4 members (excludes halogenated alkanes) is 1. The lowest BCUT2D eigenvalue weighted by molar-refractivity contribution is -0.255. The van der Waals surface area contributed by atoms with Crippen LogP contribution in [0.1, 0.15) is 42.6 Å². The van der Waals surface area contributed by atoms with Crippen LogP contribution in [0.3, 0.4) is 0 Å². The van der Waals surface area contributed by atoms with Gasteiger partial charge in [0.15, 0.2) is 0 Å². The molecule has 0 fully saturated rings. The van der Waals surface area contributed by atoms with Crippen molar-refractivity contribution < 1.29 is 24.2 Å². The highest BCUT2D eigenvalue weighted by Crippen LogP contribution is 2.31. The molecule has 6 heteroatoms. The molecule has 132 valence electrons. The maximum Gasteiger partial charge on any atom is 0.340 e. The summed E-state index contributed by atoms with van der Waals surface area (Å²) in [5, 5.41) is 10.8. The molecule has 0 saturated carbocycles. The van der Waals surface area contributed by atoms with Gasteiger partial charge < -0.3 is 19.5 Å². The third-order valence-electron chi connectivity index (χ3n) is 4.09. The summed E-state index contributed by atoms with van der Waals surface area (Å²) in [6.45, 7) is 4.28. The zero-order valence-electron chi connectivity index (χ0n) is 14.5. The van der Waals surface area contributed by atoms with Crippen molar-refractivity contribution in [3.63, 3.8) is 0 Å². The van der Waals surface area contributed by atoms with Crippen LogP contribution in [-0.2, 0) is 14.3 Å². The molecule has 25 heavy (non-hydrogen) atoms. The molecule has 0 radical (unpaired) electrons. The molecule has 2 rings (SSSR count). The molecule has 1 aliphatic rings. The Bertz CT molecular complexity index is 759. The summed E-state index contributed by atoms with van der Waals surface area (Å²) in [5.41, 5.74) is 1.72. The van der Waals surface area contributed by atoms with Crippen molar-refractivity contribution in [2.24, 2.45) is 0 Å². The Morgan fingerprint density at radius 3 is 2.40 bits per heavy atom. The molecule has 0 bridgehead atoms. The number of carbonyl (C=O) groups is 3. The highest BCUT2D eigenvalue weighted by molar-refractivity contribution is 6.16. The van der Waals surface area contributed by atoms with Crippen molar-refractivity contribution >= 4 is 23.9 Å². The average molecular weight is 342 g/mol. The Labute approximate surface area is 146 Å². The molecule has 0 aliphatic carbocycles. The number of hydrogen-bond acceptors (Lipinski definition) is 5. The van der Waals surface area contributed by atoms with Crippen LogP contribution in [0.5, 0.6) is 0 Å². The maximum absolute atomic E-state index is 12.7. The summed E-state index contributed by atoms with van der Waals surface area (Å²) < 4.78 is 4.82. The fourth-order valence-electron chi connectivity index (χ4n) is 2.70. The van der Waals surface area contributed by atoms with Crippen molar-refractivity contribution in [3.05, 3.63) is 52.2 Å². The van der Waals surface area contributed by atoms with Crippen LogP contribution >= 0.6 is 0 Å². The SMILES string of the molecule is CCCCN1C(=O)/C(=C\c2ccc(C(=O)[O-])cc2)C(C(=O)OC)=C1C. The van der Waals surface area contributed by atoms with Gasteiger partial charge in [0.2, 0.25) is 0 Å². The van der Waals surface area contributed by atoms with E-state index in [9.17, 15) is 19.5 Å². The van der Waals surface area contributed by atoms with E-state index in [0.717, 1.165) is 12.8 Å². The smallest absolute Gasteiger partial charge is 0.340 e. The number of nitrogens with zero attached hydrogens (tertiary/aromatic N) is 1. The first kappa shape index (κ1) is 18.4. The largest absolute Gasteiger partial charge is 0.545 e. The third kappa shape index (κ3) is 3.79. The van der Waals surface area contributed by atoms with Gasteiger partial charge in [0.05, 0.1) is 24.2 Å². The quantitative estimate of drug-likeness (QED) is 0.578. The second kappa shape index (κ2) is 7.79. The molecule has 1 aromatic carbocycles. The maximum atomic E-state index is 12.7. The first-order valence-corrected chi connectivity index (χ1v) is 8.05. The number of benzene rings is 1. The van der Waals surface area contributed by atoms with Crippen LogP contribution in [-0.4, -0.2) is 36.4 Å². The number of hydrogen-bond donors (Lipinski definition) is 0. The molecule has 0 atom stereocenters. The number of allylic oxidation sites excluding steroid dienone is 1. The minimum atomic E-state index is -1.27. The van der Waals surface area contributed by atoms with Crippen LogP contribution in [0, 0.1) is 0 Å². The van der Waals surface area contributed by atoms with Crippen LogP contribution in [0.2, 0.25) is 0 Å². The van der Waals surface area contributed by atoms with Gasteiger partial charge in [-0.05, 0) is 30.5 Å². The van der Waals surface area contributed by atoms with Gasteiger partial charge in [-0.1, -0.05) is 37.6 Å². The van der Waals surface area contributed by atoms with Crippen molar-refractivity contribution in [1.29, 1.82) is 0 Å². The average Bonchev–Trinajstić information content (AvgIpc) is 2.83. The number of amides is 1. The van der Waals surface area contributed by atoms with Crippen molar-refractivity contribution in [2.75, 3.05) is 13.7 Å². The Morgan fingerprint density at radius 1 is 1.24 bits per heavy atom. The number of esters is 1. The molecule has 0 N–H and O–H groups in total. The van der Waals surface area contributed by atoms with E-state index in [4.69, 9.17) is 4.74 Å². The van der Waals surface area contributed by atoms with Crippen LogP contribution in [0.25, 0.3) is 6.08 Å². The van der Waals surface area contributed by atoms with Gasteiger partial charge in [0.1, 0.15) is 0 Å². The number of rotatable bonds is 6. The number of carboxylic acids is 1. The van der Waals surface area contributed by atoms with E-state index >= 15 is 0 Å². The Balaban J connectivity index is 2.44. The van der Waals surface area contributed by atoms with E-state index in [-0.39, 0.29) is 22.6 Å². The molecular weight excluding hydrogens is 322 g/mol. The summed E-state index contributed by atoms with van der Waals surface area (Å²) in [6.07, 6.45) is 3.32. The zero-order chi connectivity index (χ0) is 18.6. The highest BCUT2D eigenvalue weighted by atomic mass is 16.5. The van der Waals surface area contributed by atoms with Crippen LogP contribution < -0.4 is 5.11 Å². The molecule has 1 aliphatic heterocycles. The minimum Gasteiger partial charge on any atom is -0.545 e. The number of carboxylic acid groups (broad SMARTS) is 1. The fraction of sp³-hybridized carbons (Fsp3) is 0.316. The van der Waals surface area contributed by atoms with Crippen molar-refractivity contribution in [3.8, 4) is 0 Å². The molecule has 1 aromatic rings. The summed E-state index contributed by atoms with van der Waals surface area (Å²) in [6, 6.07) is 5.91. The lowest BCUT2D eigenvalue weighted by Gasteiger charge is -2.17. The standard InChI is InChI=1S/C19H21NO5/c1-4-5-10-20-12(2)16(19(24)25-3)15(17(20)21)11-13-6-8-14(9-7-13)18(22)23/h6-9,11H,4-5,10H2,1-3H3,(H,22,23)/p-1/b15-11-. The monoisotopic (exact) mass is 342 g/mol. The normalized spacial score (nSPS) is 15.9. The van der Waals surface area contributed by atoms with Gasteiger partial charge in [0, 0.05) is 12.2 Å². The summed E-state index contributed by atoms with van der Waals surface area (Å²) in [7, 11) is 1.27. The van der Waals surface area contributed by atoms with E-state index in [0.29, 0.717) is 17.8 Å². The van der Waals surface area contributed by atoms with Gasteiger partial charge >= 0.3 is 5.97 Å². The highest BCUT2D eigenvalue weighted by Gasteiger charge is 2.36. The molecule has 1 amide bonds. The molecule has 0 unspecified atom stereocenters. The summed E-state index contributed by atoms with van der Waals surface area (Å²) in [4.78, 5) is 37.3. The summed E-state index contributed by atoms with van der Waals surface area (Å²) in [5.74, 6) is -2.09. The molecule has 0 aromatic heterocycles. The predicted molar refractivity (Wildman–Crippen MR) is 90.1 cm³/mol. The number of aromatic carboxylic acids is 1. The molecular formula is C19H20NO5-. The topological polar surface area (TPSA) is 86.7 Å². The van der Waals surface area contributed by atoms with Gasteiger partial charge in [-0.3, -0.25) is 4.79 Å². The third-order valence-corrected chi connectivity index (χ3v) is 4.09. The first-order valence-electron chi connectivity index (χ1n) is 8.05. The molecule has 6 nitrogen and oxygen atoms in total. The first-order chi connectivity index (χ1) is 11.9. The van der Waals surface area contributed by atoms with Gasteiger partial charge in [0.25, 0.3) is 5.91 Å². The number of carbonyl (C=O) groups excluding carboxylic acids is 3.